The van der Waals surface area contributed by atoms with Crippen molar-refractivity contribution >= 4 is 16.9 Å². The van der Waals surface area contributed by atoms with Gasteiger partial charge in [0.25, 0.3) is 5.91 Å². The third-order valence-electron chi connectivity index (χ3n) is 5.55. The van der Waals surface area contributed by atoms with E-state index in [1.54, 1.807) is 31.4 Å². The van der Waals surface area contributed by atoms with Crippen LogP contribution >= 0.6 is 0 Å². The maximum atomic E-state index is 12.8. The Balaban J connectivity index is 1.52. The first-order chi connectivity index (χ1) is 15.9. The van der Waals surface area contributed by atoms with Gasteiger partial charge in [0, 0.05) is 5.56 Å². The van der Waals surface area contributed by atoms with E-state index in [9.17, 15) is 4.79 Å². The lowest BCUT2D eigenvalue weighted by molar-refractivity contribution is 0.0937. The number of nitrogens with one attached hydrogen (secondary N) is 1. The van der Waals surface area contributed by atoms with E-state index in [-0.39, 0.29) is 11.9 Å². The fourth-order valence-electron chi connectivity index (χ4n) is 4.02. The minimum absolute atomic E-state index is 0.157. The number of hydrogen-bond donors (Lipinski definition) is 1. The van der Waals surface area contributed by atoms with Crippen molar-refractivity contribution in [2.45, 2.75) is 33.4 Å². The van der Waals surface area contributed by atoms with Crippen LogP contribution in [-0.4, -0.2) is 29.2 Å². The number of carbonyl (C=O) groups excluding carboxylic acids is 1. The maximum Gasteiger partial charge on any atom is 0.251 e. The number of methoxy groups -OCH3 is 1. The molecular formula is C27H29N3O3. The molecule has 0 fully saturated rings. The van der Waals surface area contributed by atoms with Crippen LogP contribution in [-0.2, 0) is 6.54 Å². The molecule has 1 N–H and O–H groups in total. The van der Waals surface area contributed by atoms with Gasteiger partial charge in [0.15, 0.2) is 0 Å². The monoisotopic (exact) mass is 443 g/mol. The van der Waals surface area contributed by atoms with E-state index in [0.717, 1.165) is 22.6 Å². The third kappa shape index (κ3) is 5.17. The largest absolute Gasteiger partial charge is 0.497 e. The average Bonchev–Trinajstić information content (AvgIpc) is 3.17. The van der Waals surface area contributed by atoms with Gasteiger partial charge in [-0.15, -0.1) is 0 Å². The lowest BCUT2D eigenvalue weighted by atomic mass is 10.1. The van der Waals surface area contributed by atoms with Gasteiger partial charge in [-0.2, -0.15) is 0 Å². The van der Waals surface area contributed by atoms with Crippen molar-refractivity contribution in [2.75, 3.05) is 13.7 Å². The fraction of sp³-hybridized carbons (Fsp3) is 0.259. The molecule has 0 bridgehead atoms. The van der Waals surface area contributed by atoms with Crippen molar-refractivity contribution in [2.24, 2.45) is 0 Å². The van der Waals surface area contributed by atoms with Crippen LogP contribution in [0.25, 0.3) is 11.0 Å². The summed E-state index contributed by atoms with van der Waals surface area (Å²) in [7, 11) is 1.60. The quantitative estimate of drug-likeness (QED) is 0.405. The smallest absolute Gasteiger partial charge is 0.251 e. The molecule has 1 amide bonds. The number of imidazole rings is 1. The number of fused-ring (bicyclic) bond motifs is 1. The first-order valence-electron chi connectivity index (χ1n) is 11.1. The van der Waals surface area contributed by atoms with Crippen molar-refractivity contribution in [3.8, 4) is 11.5 Å². The Morgan fingerprint density at radius 2 is 1.70 bits per heavy atom. The fourth-order valence-corrected chi connectivity index (χ4v) is 4.02. The average molecular weight is 444 g/mol. The van der Waals surface area contributed by atoms with Crippen molar-refractivity contribution in [3.05, 3.63) is 89.2 Å². The second kappa shape index (κ2) is 9.77. The Kier molecular flexibility index (Phi) is 6.63. The van der Waals surface area contributed by atoms with E-state index in [1.807, 2.05) is 43.3 Å². The van der Waals surface area contributed by atoms with Crippen molar-refractivity contribution in [3.63, 3.8) is 0 Å². The highest BCUT2D eigenvalue weighted by Gasteiger charge is 2.19. The number of amides is 1. The van der Waals surface area contributed by atoms with E-state index < -0.39 is 0 Å². The number of para-hydroxylation sites is 2. The van der Waals surface area contributed by atoms with Gasteiger partial charge in [-0.25, -0.2) is 4.98 Å². The van der Waals surface area contributed by atoms with Gasteiger partial charge >= 0.3 is 0 Å². The molecule has 6 nitrogen and oxygen atoms in total. The van der Waals surface area contributed by atoms with E-state index in [2.05, 4.69) is 29.8 Å². The Labute approximate surface area is 194 Å². The molecule has 1 unspecified atom stereocenters. The SMILES string of the molecule is COc1ccc(C(=O)NC(C)c2nc3ccccc3n2CCOc2cc(C)cc(C)c2)cc1. The van der Waals surface area contributed by atoms with E-state index >= 15 is 0 Å². The van der Waals surface area contributed by atoms with Crippen LogP contribution < -0.4 is 14.8 Å². The van der Waals surface area contributed by atoms with E-state index in [1.165, 1.54) is 11.1 Å². The topological polar surface area (TPSA) is 65.4 Å². The van der Waals surface area contributed by atoms with Crippen molar-refractivity contribution in [1.82, 2.24) is 14.9 Å². The summed E-state index contributed by atoms with van der Waals surface area (Å²) in [6.45, 7) is 7.19. The summed E-state index contributed by atoms with van der Waals surface area (Å²) in [6, 6.07) is 21.0. The van der Waals surface area contributed by atoms with Gasteiger partial charge in [-0.05, 0) is 80.4 Å². The van der Waals surface area contributed by atoms with Crippen LogP contribution in [0.5, 0.6) is 11.5 Å². The van der Waals surface area contributed by atoms with Crippen LogP contribution in [0.2, 0.25) is 0 Å². The predicted octanol–water partition coefficient (Wildman–Crippen LogP) is 5.23. The molecular weight excluding hydrogens is 414 g/mol. The molecule has 1 aromatic heterocycles. The Morgan fingerprint density at radius 3 is 2.39 bits per heavy atom. The zero-order valence-corrected chi connectivity index (χ0v) is 19.5. The number of carbonyl (C=O) groups is 1. The zero-order valence-electron chi connectivity index (χ0n) is 19.5. The summed E-state index contributed by atoms with van der Waals surface area (Å²) in [6.07, 6.45) is 0. The molecule has 0 aliphatic heterocycles. The van der Waals surface area contributed by atoms with Crippen LogP contribution in [0.15, 0.2) is 66.7 Å². The molecule has 170 valence electrons. The summed E-state index contributed by atoms with van der Waals surface area (Å²) in [5.41, 5.74) is 4.83. The summed E-state index contributed by atoms with van der Waals surface area (Å²) in [4.78, 5) is 17.6. The predicted molar refractivity (Wildman–Crippen MR) is 130 cm³/mol. The van der Waals surface area contributed by atoms with Gasteiger partial charge in [-0.3, -0.25) is 4.79 Å². The van der Waals surface area contributed by atoms with Gasteiger partial charge in [0.1, 0.15) is 23.9 Å². The Bertz CT molecular complexity index is 1240. The molecule has 33 heavy (non-hydrogen) atoms. The summed E-state index contributed by atoms with van der Waals surface area (Å²) >= 11 is 0. The highest BCUT2D eigenvalue weighted by Crippen LogP contribution is 2.22. The lowest BCUT2D eigenvalue weighted by Gasteiger charge is -2.17. The number of aromatic nitrogens is 2. The number of rotatable bonds is 8. The molecule has 1 atom stereocenters. The summed E-state index contributed by atoms with van der Waals surface area (Å²) in [5.74, 6) is 2.21. The summed E-state index contributed by atoms with van der Waals surface area (Å²) < 4.78 is 13.3. The van der Waals surface area contributed by atoms with Crippen LogP contribution in [0.4, 0.5) is 0 Å². The molecule has 0 spiro atoms. The first kappa shape index (κ1) is 22.4. The minimum atomic E-state index is -0.284. The van der Waals surface area contributed by atoms with Crippen molar-refractivity contribution in [1.29, 1.82) is 0 Å². The van der Waals surface area contributed by atoms with Crippen LogP contribution in [0.3, 0.4) is 0 Å². The molecule has 0 aliphatic rings. The van der Waals surface area contributed by atoms with Crippen LogP contribution in [0, 0.1) is 13.8 Å². The number of hydrogen-bond acceptors (Lipinski definition) is 4. The molecule has 0 aliphatic carbocycles. The zero-order chi connectivity index (χ0) is 23.4. The first-order valence-corrected chi connectivity index (χ1v) is 11.1. The molecule has 0 radical (unpaired) electrons. The molecule has 4 aromatic rings. The maximum absolute atomic E-state index is 12.8. The Hall–Kier alpha value is -3.80. The van der Waals surface area contributed by atoms with Crippen LogP contribution in [0.1, 0.15) is 40.3 Å². The van der Waals surface area contributed by atoms with Gasteiger partial charge in [0.05, 0.1) is 30.7 Å². The molecule has 0 saturated carbocycles. The van der Waals surface area contributed by atoms with Gasteiger partial charge in [-0.1, -0.05) is 18.2 Å². The molecule has 3 aromatic carbocycles. The second-order valence-electron chi connectivity index (χ2n) is 8.21. The van der Waals surface area contributed by atoms with E-state index in [4.69, 9.17) is 14.5 Å². The number of aryl methyl sites for hydroxylation is 2. The van der Waals surface area contributed by atoms with Gasteiger partial charge < -0.3 is 19.4 Å². The number of ether oxygens (including phenoxy) is 2. The highest BCUT2D eigenvalue weighted by molar-refractivity contribution is 5.94. The number of nitrogens with zero attached hydrogens (tertiary/aromatic N) is 2. The second-order valence-corrected chi connectivity index (χ2v) is 8.21. The van der Waals surface area contributed by atoms with Gasteiger partial charge in [0.2, 0.25) is 0 Å². The minimum Gasteiger partial charge on any atom is -0.497 e. The van der Waals surface area contributed by atoms with E-state index in [0.29, 0.717) is 24.5 Å². The van der Waals surface area contributed by atoms with Crippen molar-refractivity contribution < 1.29 is 14.3 Å². The lowest BCUT2D eigenvalue weighted by Crippen LogP contribution is -2.29. The third-order valence-corrected chi connectivity index (χ3v) is 5.55. The number of benzene rings is 3. The summed E-state index contributed by atoms with van der Waals surface area (Å²) in [5, 5.41) is 3.07. The standard InChI is InChI=1S/C27H29N3O3/c1-18-15-19(2)17-23(16-18)33-14-13-30-25-8-6-5-7-24(25)29-26(30)20(3)28-27(31)21-9-11-22(32-4)12-10-21/h5-12,15-17,20H,13-14H2,1-4H3,(H,28,31). The normalized spacial score (nSPS) is 11.9. The molecule has 6 heteroatoms. The molecule has 1 heterocycles. The Morgan fingerprint density at radius 1 is 1.00 bits per heavy atom. The molecule has 0 saturated heterocycles. The highest BCUT2D eigenvalue weighted by atomic mass is 16.5. The molecule has 4 rings (SSSR count).